The predicted octanol–water partition coefficient (Wildman–Crippen LogP) is 13.6. The van der Waals surface area contributed by atoms with Crippen molar-refractivity contribution < 1.29 is 90.7 Å². The molecule has 2 fully saturated rings. The number of benzene rings is 4. The molecule has 6 rings (SSSR count). The lowest BCUT2D eigenvalue weighted by molar-refractivity contribution is -0.138. The molecule has 24 nitrogen and oxygen atoms in total. The summed E-state index contributed by atoms with van der Waals surface area (Å²) >= 11 is 25.2. The first-order valence-electron chi connectivity index (χ1n) is 37.2. The first kappa shape index (κ1) is 98.3. The van der Waals surface area contributed by atoms with Crippen LogP contribution in [0.15, 0.2) is 72.8 Å². The monoisotopic (exact) mass is 1750 g/mol. The zero-order valence-electron chi connectivity index (χ0n) is 67.4. The van der Waals surface area contributed by atoms with Crippen LogP contribution in [0.5, 0.6) is 0 Å². The number of ether oxygens (including phenoxy) is 2. The SMILES string of the molecule is CC(C)C[C@H](NS(=O)C(C)(C)C)c1cc(C(F)(F)F)ccc1N1CCN(C(=O)[C@@H](Cc2ccc(Cl)cc2Cl)NC(=O)C(CCO)NC(=O)OC(C)(C)C)CC1.CC(C)C[C@H](NS(=O)C(C)(C)C)c1cc(C(F)(F)F)ccc1N1CCN(C(=O)[C@@H](Cc2ccc(Cl)cc2Cl)NC(=O)C(CCOS(C)(=O)=O)NC(=O)OC(C)(C)C)CC1. The van der Waals surface area contributed by atoms with E-state index in [1.807, 2.05) is 37.5 Å². The Kier molecular flexibility index (Phi) is 36.1. The van der Waals surface area contributed by atoms with Gasteiger partial charge in [0.05, 0.1) is 55.5 Å². The number of carbonyl (C=O) groups is 6. The highest BCUT2D eigenvalue weighted by atomic mass is 35.5. The van der Waals surface area contributed by atoms with Crippen LogP contribution in [0.4, 0.5) is 47.3 Å². The van der Waals surface area contributed by atoms with Crippen molar-refractivity contribution in [1.82, 2.24) is 40.5 Å². The van der Waals surface area contributed by atoms with E-state index in [1.165, 1.54) is 29.2 Å². The fourth-order valence-corrected chi connectivity index (χ4v) is 15.1. The molecule has 0 spiro atoms. The fourth-order valence-electron chi connectivity index (χ4n) is 12.0. The second kappa shape index (κ2) is 41.9. The highest BCUT2D eigenvalue weighted by Crippen LogP contribution is 2.41. The molecule has 0 aliphatic carbocycles. The molecule has 2 aliphatic heterocycles. The Morgan fingerprint density at radius 2 is 0.842 bits per heavy atom. The van der Waals surface area contributed by atoms with Gasteiger partial charge in [0.15, 0.2) is 0 Å². The lowest BCUT2D eigenvalue weighted by Crippen LogP contribution is -2.58. The quantitative estimate of drug-likeness (QED) is 0.0188. The van der Waals surface area contributed by atoms with Crippen LogP contribution in [-0.2, 0) is 90.1 Å². The number of hydrogen-bond donors (Lipinski definition) is 7. The molecule has 37 heteroatoms. The summed E-state index contributed by atoms with van der Waals surface area (Å²) in [6, 6.07) is 10.1. The van der Waals surface area contributed by atoms with Gasteiger partial charge in [-0.05, 0) is 197 Å². The molecule has 0 saturated carbocycles. The van der Waals surface area contributed by atoms with Crippen LogP contribution in [0.1, 0.15) is 182 Å². The van der Waals surface area contributed by atoms with Crippen molar-refractivity contribution in [2.45, 2.75) is 219 Å². The molecule has 6 amide bonds. The summed E-state index contributed by atoms with van der Waals surface area (Å²) in [6.07, 6.45) is -10.0. The molecule has 0 aromatic heterocycles. The summed E-state index contributed by atoms with van der Waals surface area (Å²) in [6.45, 7) is 28.8. The Morgan fingerprint density at radius 1 is 0.500 bits per heavy atom. The maximum absolute atomic E-state index is 14.3. The van der Waals surface area contributed by atoms with Crippen molar-refractivity contribution in [2.24, 2.45) is 11.8 Å². The highest BCUT2D eigenvalue weighted by molar-refractivity contribution is 7.86. The number of carbonyl (C=O) groups excluding carboxylic acids is 6. The van der Waals surface area contributed by atoms with Gasteiger partial charge in [0.25, 0.3) is 10.1 Å². The number of nitrogens with one attached hydrogen (secondary N) is 6. The van der Waals surface area contributed by atoms with E-state index in [2.05, 4.69) is 30.7 Å². The van der Waals surface area contributed by atoms with Crippen molar-refractivity contribution >= 4 is 126 Å². The minimum Gasteiger partial charge on any atom is -0.444 e. The van der Waals surface area contributed by atoms with Gasteiger partial charge in [0.2, 0.25) is 23.6 Å². The smallest absolute Gasteiger partial charge is 0.416 e. The summed E-state index contributed by atoms with van der Waals surface area (Å²) in [7, 11) is -7.08. The number of piperazine rings is 2. The van der Waals surface area contributed by atoms with E-state index < -0.39 is 162 Å². The maximum atomic E-state index is 14.3. The molecule has 2 aliphatic rings. The third-order valence-corrected chi connectivity index (χ3v) is 22.6. The molecule has 0 radical (unpaired) electrons. The molecule has 4 aromatic rings. The number of rotatable bonds is 30. The van der Waals surface area contributed by atoms with Gasteiger partial charge < -0.3 is 55.4 Å². The Hall–Kier alpha value is -6.27. The molecule has 640 valence electrons. The fraction of sp³-hybridized carbons (Fsp3) is 0.610. The summed E-state index contributed by atoms with van der Waals surface area (Å²) in [5, 5.41) is 21.2. The summed E-state index contributed by atoms with van der Waals surface area (Å²) in [4.78, 5) is 88.1. The second-order valence-corrected chi connectivity index (χ2v) is 40.1. The van der Waals surface area contributed by atoms with Crippen LogP contribution in [0.25, 0.3) is 0 Å². The van der Waals surface area contributed by atoms with Crippen LogP contribution in [0.2, 0.25) is 20.1 Å². The molecule has 4 aromatic carbocycles. The largest absolute Gasteiger partial charge is 0.444 e. The van der Waals surface area contributed by atoms with Crippen LogP contribution < -0.4 is 40.5 Å². The lowest BCUT2D eigenvalue weighted by atomic mass is 9.94. The molecule has 2 saturated heterocycles. The van der Waals surface area contributed by atoms with E-state index in [1.54, 1.807) is 112 Å². The van der Waals surface area contributed by atoms with Gasteiger partial charge in [0.1, 0.15) is 35.4 Å². The Labute approximate surface area is 690 Å². The van der Waals surface area contributed by atoms with E-state index in [-0.39, 0.29) is 99.9 Å². The van der Waals surface area contributed by atoms with Crippen LogP contribution in [0, 0.1) is 11.8 Å². The summed E-state index contributed by atoms with van der Waals surface area (Å²) in [5.41, 5.74) is -0.744. The molecule has 0 bridgehead atoms. The molecule has 2 heterocycles. The third kappa shape index (κ3) is 32.2. The lowest BCUT2D eigenvalue weighted by Gasteiger charge is -2.39. The minimum atomic E-state index is -4.63. The predicted molar refractivity (Wildman–Crippen MR) is 435 cm³/mol. The van der Waals surface area contributed by atoms with Crippen molar-refractivity contribution in [2.75, 3.05) is 81.6 Å². The molecular formula is C77H110Cl4F6N10O14S3. The number of amides is 6. The maximum Gasteiger partial charge on any atom is 0.416 e. The number of anilines is 2. The first-order chi connectivity index (χ1) is 52.4. The van der Waals surface area contributed by atoms with Gasteiger partial charge >= 0.3 is 24.5 Å². The van der Waals surface area contributed by atoms with E-state index in [4.69, 9.17) is 60.1 Å². The van der Waals surface area contributed by atoms with E-state index in [0.717, 1.165) is 30.5 Å². The standard InChI is InChI=1S/C39H56Cl2F3N5O8S2.C38H54Cl2F3N5O6S/c1-24(2)20-31(47-58(53)38(6,7)8)28-22-26(39(42,43)44)11-13-33(28)48-15-17-49(18-16-48)35(51)32(21-25-10-12-27(40)23-29(25)41)45-34(50)30(14-19-56-59(9,54)55)46-36(52)57-37(3,4)5;1-23(2)19-30(46-55(53)37(6,7)8)27-21-25(38(41,42)43)10-12-32(27)47-14-16-48(17-15-47)34(51)31(20-24-9-11-26(39)22-28(24)40)44-33(50)29(13-18-49)45-35(52)54-36(3,4)5/h10-13,22-24,30-32,47H,14-21H2,1-9H3,(H,45,50)(H,46,52);9-12,21-23,29-31,46,49H,13-20H2,1-8H3,(H,44,50)(H,45,52)/t30?,31-,32+,58?;29?,30-,31+,55?/m00/s1. The van der Waals surface area contributed by atoms with E-state index in [0.29, 0.717) is 56.5 Å². The number of aliphatic hydroxyl groups is 1. The zero-order valence-corrected chi connectivity index (χ0v) is 72.9. The Bertz CT molecular complexity index is 4130. The van der Waals surface area contributed by atoms with Crippen molar-refractivity contribution in [3.63, 3.8) is 0 Å². The van der Waals surface area contributed by atoms with Gasteiger partial charge in [-0.2, -0.15) is 34.8 Å². The van der Waals surface area contributed by atoms with Crippen LogP contribution in [0.3, 0.4) is 0 Å². The molecule has 7 N–H and O–H groups in total. The molecule has 8 atom stereocenters. The molecular weight excluding hydrogens is 1640 g/mol. The van der Waals surface area contributed by atoms with Crippen molar-refractivity contribution in [3.05, 3.63) is 126 Å². The number of nitrogens with zero attached hydrogens (tertiary/aromatic N) is 4. The van der Waals surface area contributed by atoms with Gasteiger partial charge in [0, 0.05) is 122 Å². The average molecular weight is 1750 g/mol. The Balaban J connectivity index is 0.000000408. The van der Waals surface area contributed by atoms with E-state index in [9.17, 15) is 77.1 Å². The summed E-state index contributed by atoms with van der Waals surface area (Å²) in [5.74, 6) is -2.43. The van der Waals surface area contributed by atoms with E-state index >= 15 is 0 Å². The normalized spacial score (nSPS) is 16.3. The average Bonchev–Trinajstić information content (AvgIpc) is 0.797. The third-order valence-electron chi connectivity index (χ3n) is 17.6. The number of alkyl carbamates (subject to hydrolysis) is 2. The van der Waals surface area contributed by atoms with Gasteiger partial charge in [-0.15, -0.1) is 0 Å². The molecule has 4 unspecified atom stereocenters. The summed E-state index contributed by atoms with van der Waals surface area (Å²) < 4.78 is 154. The topological polar surface area (TPSA) is 304 Å². The van der Waals surface area contributed by atoms with Gasteiger partial charge in [-0.3, -0.25) is 23.4 Å². The molecule has 114 heavy (non-hydrogen) atoms. The number of aliphatic hydroxyl groups excluding tert-OH is 1. The van der Waals surface area contributed by atoms with Crippen molar-refractivity contribution in [1.29, 1.82) is 0 Å². The minimum absolute atomic E-state index is 0.0321. The van der Waals surface area contributed by atoms with Gasteiger partial charge in [-0.1, -0.05) is 86.2 Å². The number of hydrogen-bond acceptors (Lipinski definition) is 16. The van der Waals surface area contributed by atoms with Crippen LogP contribution in [-0.4, -0.2) is 184 Å². The van der Waals surface area contributed by atoms with Crippen molar-refractivity contribution in [3.8, 4) is 0 Å². The first-order valence-corrected chi connectivity index (χ1v) is 42.8. The number of halogens is 10. The zero-order chi connectivity index (χ0) is 86.1. The second-order valence-electron chi connectivity index (χ2n) is 32.8. The Morgan fingerprint density at radius 3 is 1.13 bits per heavy atom. The highest BCUT2D eigenvalue weighted by Gasteiger charge is 2.40. The van der Waals surface area contributed by atoms with Crippen LogP contribution >= 0.6 is 46.4 Å². The number of alkyl halides is 6. The van der Waals surface area contributed by atoms with Gasteiger partial charge in [-0.25, -0.2) is 27.5 Å².